The fourth-order valence-electron chi connectivity index (χ4n) is 2.65. The number of aromatic nitrogens is 5. The van der Waals surface area contributed by atoms with E-state index in [2.05, 4.69) is 20.4 Å². The van der Waals surface area contributed by atoms with Gasteiger partial charge < -0.3 is 8.98 Å². The van der Waals surface area contributed by atoms with Gasteiger partial charge in [-0.15, -0.1) is 20.4 Å². The molecule has 0 spiro atoms. The number of halogens is 1. The van der Waals surface area contributed by atoms with Gasteiger partial charge in [0, 0.05) is 18.2 Å². The molecule has 0 bridgehead atoms. The zero-order valence-corrected chi connectivity index (χ0v) is 16.3. The molecule has 0 saturated heterocycles. The van der Waals surface area contributed by atoms with Crippen molar-refractivity contribution in [2.24, 2.45) is 7.05 Å². The highest BCUT2D eigenvalue weighted by Gasteiger charge is 2.15. The molecular formula is C19H16ClN5OS. The summed E-state index contributed by atoms with van der Waals surface area (Å²) in [6.07, 6.45) is 0. The number of thioether (sulfide) groups is 1. The molecule has 2 heterocycles. The molecule has 4 rings (SSSR count). The Morgan fingerprint density at radius 3 is 2.70 bits per heavy atom. The van der Waals surface area contributed by atoms with Crippen molar-refractivity contribution in [1.82, 2.24) is 25.0 Å². The summed E-state index contributed by atoms with van der Waals surface area (Å²) in [5, 5.41) is 18.2. The Labute approximate surface area is 165 Å². The lowest BCUT2D eigenvalue weighted by Crippen LogP contribution is -1.95. The molecular weight excluding hydrogens is 382 g/mol. The highest BCUT2D eigenvalue weighted by molar-refractivity contribution is 7.98. The third kappa shape index (κ3) is 3.74. The fraction of sp³-hybridized carbons (Fsp3) is 0.158. The first-order valence-corrected chi connectivity index (χ1v) is 9.64. The van der Waals surface area contributed by atoms with Crippen LogP contribution < -0.4 is 0 Å². The maximum atomic E-state index is 6.26. The van der Waals surface area contributed by atoms with E-state index < -0.39 is 0 Å². The lowest BCUT2D eigenvalue weighted by molar-refractivity contribution is 0.528. The Hall–Kier alpha value is -2.64. The maximum absolute atomic E-state index is 6.26. The van der Waals surface area contributed by atoms with Crippen LogP contribution in [0.3, 0.4) is 0 Å². The van der Waals surface area contributed by atoms with Gasteiger partial charge in [0.25, 0.3) is 0 Å². The lowest BCUT2D eigenvalue weighted by atomic mass is 10.1. The van der Waals surface area contributed by atoms with Crippen molar-refractivity contribution >= 4 is 23.4 Å². The van der Waals surface area contributed by atoms with Gasteiger partial charge in [-0.1, -0.05) is 53.2 Å². The molecule has 0 unspecified atom stereocenters. The first-order valence-electron chi connectivity index (χ1n) is 8.28. The average Bonchev–Trinajstić information content (AvgIpc) is 3.28. The molecule has 0 N–H and O–H groups in total. The molecule has 0 saturated carbocycles. The molecule has 0 aliphatic carbocycles. The highest BCUT2D eigenvalue weighted by Crippen LogP contribution is 2.29. The van der Waals surface area contributed by atoms with Gasteiger partial charge in [0.05, 0.1) is 10.8 Å². The molecule has 8 heteroatoms. The van der Waals surface area contributed by atoms with Crippen molar-refractivity contribution in [2.75, 3.05) is 0 Å². The Balaban J connectivity index is 1.50. The van der Waals surface area contributed by atoms with E-state index in [1.54, 1.807) is 0 Å². The molecule has 4 aromatic rings. The van der Waals surface area contributed by atoms with Crippen molar-refractivity contribution < 1.29 is 4.42 Å². The maximum Gasteiger partial charge on any atom is 0.247 e. The molecule has 0 aliphatic rings. The predicted molar refractivity (Wildman–Crippen MR) is 105 cm³/mol. The highest BCUT2D eigenvalue weighted by atomic mass is 35.5. The first kappa shape index (κ1) is 17.8. The van der Waals surface area contributed by atoms with E-state index in [9.17, 15) is 0 Å². The Bertz CT molecular complexity index is 1090. The number of nitrogens with zero attached hydrogens (tertiary/aromatic N) is 5. The van der Waals surface area contributed by atoms with E-state index >= 15 is 0 Å². The van der Waals surface area contributed by atoms with Crippen LogP contribution in [0.25, 0.3) is 22.8 Å². The van der Waals surface area contributed by atoms with Crippen LogP contribution in [-0.4, -0.2) is 25.0 Å². The van der Waals surface area contributed by atoms with Crippen LogP contribution in [0.5, 0.6) is 0 Å². The second-order valence-corrected chi connectivity index (χ2v) is 7.35. The molecule has 0 radical (unpaired) electrons. The van der Waals surface area contributed by atoms with Crippen molar-refractivity contribution in [3.63, 3.8) is 0 Å². The Kier molecular flexibility index (Phi) is 4.96. The summed E-state index contributed by atoms with van der Waals surface area (Å²) < 4.78 is 7.68. The third-order valence-electron chi connectivity index (χ3n) is 4.01. The Morgan fingerprint density at radius 1 is 1.04 bits per heavy atom. The normalized spacial score (nSPS) is 11.1. The topological polar surface area (TPSA) is 69.6 Å². The van der Waals surface area contributed by atoms with E-state index in [0.29, 0.717) is 28.4 Å². The quantitative estimate of drug-likeness (QED) is 0.451. The van der Waals surface area contributed by atoms with Crippen molar-refractivity contribution in [1.29, 1.82) is 0 Å². The van der Waals surface area contributed by atoms with E-state index in [-0.39, 0.29) is 0 Å². The minimum Gasteiger partial charge on any atom is -0.420 e. The molecule has 6 nitrogen and oxygen atoms in total. The minimum atomic E-state index is 0.507. The van der Waals surface area contributed by atoms with Gasteiger partial charge in [0.2, 0.25) is 11.8 Å². The smallest absolute Gasteiger partial charge is 0.247 e. The summed E-state index contributed by atoms with van der Waals surface area (Å²) in [5.41, 5.74) is 2.91. The fourth-order valence-corrected chi connectivity index (χ4v) is 3.62. The zero-order valence-electron chi connectivity index (χ0n) is 14.8. The molecule has 2 aromatic heterocycles. The summed E-state index contributed by atoms with van der Waals surface area (Å²) in [7, 11) is 1.91. The average molecular weight is 398 g/mol. The largest absolute Gasteiger partial charge is 0.420 e. The number of aryl methyl sites for hydroxylation is 1. The van der Waals surface area contributed by atoms with Crippen LogP contribution in [0.2, 0.25) is 5.02 Å². The van der Waals surface area contributed by atoms with Crippen LogP contribution in [0.1, 0.15) is 11.5 Å². The van der Waals surface area contributed by atoms with E-state index in [1.807, 2.05) is 67.1 Å². The van der Waals surface area contributed by atoms with E-state index in [4.69, 9.17) is 16.0 Å². The van der Waals surface area contributed by atoms with Crippen LogP contribution in [0, 0.1) is 6.92 Å². The van der Waals surface area contributed by atoms with E-state index in [1.165, 1.54) is 11.8 Å². The number of rotatable bonds is 5. The SMILES string of the molecule is Cc1cccc(-c2nnc(CSc3nnc(-c4ccccc4Cl)n3C)o2)c1. The van der Waals surface area contributed by atoms with Crippen LogP contribution >= 0.6 is 23.4 Å². The van der Waals surface area contributed by atoms with Crippen molar-refractivity contribution in [2.45, 2.75) is 17.8 Å². The molecule has 0 aliphatic heterocycles. The third-order valence-corrected chi connectivity index (χ3v) is 5.34. The van der Waals surface area contributed by atoms with Gasteiger partial charge in [-0.25, -0.2) is 0 Å². The first-order chi connectivity index (χ1) is 13.1. The molecule has 136 valence electrons. The van der Waals surface area contributed by atoms with Crippen LogP contribution in [0.4, 0.5) is 0 Å². The summed E-state index contributed by atoms with van der Waals surface area (Å²) in [4.78, 5) is 0. The second kappa shape index (κ2) is 7.54. The van der Waals surface area contributed by atoms with Gasteiger partial charge in [-0.2, -0.15) is 0 Å². The Morgan fingerprint density at radius 2 is 1.89 bits per heavy atom. The van der Waals surface area contributed by atoms with Crippen LogP contribution in [0.15, 0.2) is 58.1 Å². The number of hydrogen-bond acceptors (Lipinski definition) is 6. The second-order valence-electron chi connectivity index (χ2n) is 6.00. The molecule has 0 amide bonds. The summed E-state index contributed by atoms with van der Waals surface area (Å²) in [6.45, 7) is 2.03. The molecule has 2 aromatic carbocycles. The summed E-state index contributed by atoms with van der Waals surface area (Å²) in [6, 6.07) is 15.5. The van der Waals surface area contributed by atoms with Crippen LogP contribution in [-0.2, 0) is 12.8 Å². The number of benzene rings is 2. The lowest BCUT2D eigenvalue weighted by Gasteiger charge is -2.04. The summed E-state index contributed by atoms with van der Waals surface area (Å²) in [5.74, 6) is 2.28. The van der Waals surface area contributed by atoms with Crippen molar-refractivity contribution in [3.05, 3.63) is 65.0 Å². The molecule has 27 heavy (non-hydrogen) atoms. The van der Waals surface area contributed by atoms with Gasteiger partial charge in [0.1, 0.15) is 0 Å². The molecule has 0 fully saturated rings. The summed E-state index contributed by atoms with van der Waals surface area (Å²) >= 11 is 7.75. The van der Waals surface area contributed by atoms with Crippen molar-refractivity contribution in [3.8, 4) is 22.8 Å². The molecule has 0 atom stereocenters. The van der Waals surface area contributed by atoms with E-state index in [0.717, 1.165) is 21.8 Å². The standard InChI is InChI=1S/C19H16ClN5OS/c1-12-6-5-7-13(10-12)18-23-21-16(26-18)11-27-19-24-22-17(25(19)2)14-8-3-4-9-15(14)20/h3-10H,11H2,1-2H3. The minimum absolute atomic E-state index is 0.507. The predicted octanol–water partition coefficient (Wildman–Crippen LogP) is 4.79. The van der Waals surface area contributed by atoms with Gasteiger partial charge in [-0.05, 0) is 31.2 Å². The number of hydrogen-bond donors (Lipinski definition) is 0. The van der Waals surface area contributed by atoms with Gasteiger partial charge >= 0.3 is 0 Å². The monoisotopic (exact) mass is 397 g/mol. The zero-order chi connectivity index (χ0) is 18.8. The van der Waals surface area contributed by atoms with Gasteiger partial charge in [-0.3, -0.25) is 0 Å². The van der Waals surface area contributed by atoms with Gasteiger partial charge in [0.15, 0.2) is 11.0 Å².